The van der Waals surface area contributed by atoms with Crippen molar-refractivity contribution in [3.63, 3.8) is 0 Å². The number of ether oxygens (including phenoxy) is 2. The maximum absolute atomic E-state index is 12.4. The summed E-state index contributed by atoms with van der Waals surface area (Å²) in [6.07, 6.45) is 1.07. The second-order valence-electron chi connectivity index (χ2n) is 6.26. The Labute approximate surface area is 159 Å². The zero-order chi connectivity index (χ0) is 20.0. The predicted molar refractivity (Wildman–Crippen MR) is 105 cm³/mol. The van der Waals surface area contributed by atoms with Gasteiger partial charge in [-0.25, -0.2) is 8.42 Å². The molecule has 2 N–H and O–H groups in total. The normalized spacial score (nSPS) is 12.1. The Kier molecular flexibility index (Phi) is 6.68. The number of rotatable bonds is 8. The third-order valence-corrected chi connectivity index (χ3v) is 4.32. The van der Waals surface area contributed by atoms with Gasteiger partial charge in [-0.15, -0.1) is 0 Å². The van der Waals surface area contributed by atoms with Gasteiger partial charge in [-0.2, -0.15) is 0 Å². The van der Waals surface area contributed by atoms with Crippen LogP contribution in [0.4, 0.5) is 5.69 Å². The Balaban J connectivity index is 1.96. The number of hydrogen-bond acceptors (Lipinski definition) is 5. The third kappa shape index (κ3) is 6.49. The smallest absolute Gasteiger partial charge is 0.251 e. The van der Waals surface area contributed by atoms with Gasteiger partial charge < -0.3 is 14.8 Å². The number of anilines is 1. The van der Waals surface area contributed by atoms with Crippen LogP contribution in [0.15, 0.2) is 42.5 Å². The number of sulfonamides is 1. The van der Waals surface area contributed by atoms with Gasteiger partial charge in [0.25, 0.3) is 5.91 Å². The molecular weight excluding hydrogens is 368 g/mol. The monoisotopic (exact) mass is 392 g/mol. The number of carbonyl (C=O) groups excluding carboxylic acids is 1. The van der Waals surface area contributed by atoms with Crippen LogP contribution in [0.3, 0.4) is 0 Å². The summed E-state index contributed by atoms with van der Waals surface area (Å²) < 4.78 is 36.0. The summed E-state index contributed by atoms with van der Waals surface area (Å²) in [4.78, 5) is 12.4. The minimum absolute atomic E-state index is 0.243. The van der Waals surface area contributed by atoms with Crippen molar-refractivity contribution in [1.82, 2.24) is 5.32 Å². The molecule has 1 atom stereocenters. The molecule has 146 valence electrons. The molecule has 0 radical (unpaired) electrons. The van der Waals surface area contributed by atoms with Crippen molar-refractivity contribution in [2.24, 2.45) is 0 Å². The molecule has 1 amide bonds. The first-order chi connectivity index (χ1) is 12.7. The fraction of sp³-hybridized carbons (Fsp3) is 0.316. The van der Waals surface area contributed by atoms with Gasteiger partial charge >= 0.3 is 0 Å². The predicted octanol–water partition coefficient (Wildman–Crippen LogP) is 2.57. The molecule has 0 aromatic heterocycles. The summed E-state index contributed by atoms with van der Waals surface area (Å²) in [6.45, 7) is 3.88. The molecule has 1 unspecified atom stereocenters. The van der Waals surface area contributed by atoms with E-state index in [1.807, 2.05) is 6.92 Å². The van der Waals surface area contributed by atoms with Crippen molar-refractivity contribution < 1.29 is 22.7 Å². The van der Waals surface area contributed by atoms with E-state index < -0.39 is 10.0 Å². The number of methoxy groups -OCH3 is 1. The highest BCUT2D eigenvalue weighted by atomic mass is 32.2. The second kappa shape index (κ2) is 8.77. The topological polar surface area (TPSA) is 93.7 Å². The molecular formula is C19H24N2O5S. The second-order valence-corrected chi connectivity index (χ2v) is 8.01. The fourth-order valence-electron chi connectivity index (χ4n) is 2.31. The molecule has 7 nitrogen and oxygen atoms in total. The van der Waals surface area contributed by atoms with E-state index >= 15 is 0 Å². The van der Waals surface area contributed by atoms with Crippen molar-refractivity contribution in [2.45, 2.75) is 19.9 Å². The molecule has 8 heteroatoms. The molecule has 0 aliphatic rings. The first kappa shape index (κ1) is 20.6. The maximum Gasteiger partial charge on any atom is 0.251 e. The molecule has 0 saturated heterocycles. The summed E-state index contributed by atoms with van der Waals surface area (Å²) in [5, 5.41) is 2.83. The van der Waals surface area contributed by atoms with E-state index in [9.17, 15) is 13.2 Å². The molecule has 0 saturated carbocycles. The van der Waals surface area contributed by atoms with E-state index in [4.69, 9.17) is 9.47 Å². The molecule has 0 aliphatic carbocycles. The van der Waals surface area contributed by atoms with Crippen molar-refractivity contribution in [1.29, 1.82) is 0 Å². The van der Waals surface area contributed by atoms with Gasteiger partial charge in [-0.1, -0.05) is 6.07 Å². The number of nitrogens with one attached hydrogen (secondary N) is 2. The molecule has 2 rings (SSSR count). The van der Waals surface area contributed by atoms with Crippen LogP contribution in [0.2, 0.25) is 0 Å². The highest BCUT2D eigenvalue weighted by Crippen LogP contribution is 2.19. The lowest BCUT2D eigenvalue weighted by atomic mass is 10.1. The summed E-state index contributed by atoms with van der Waals surface area (Å²) in [7, 11) is -1.83. The van der Waals surface area contributed by atoms with Gasteiger partial charge in [0, 0.05) is 5.56 Å². The number of carbonyl (C=O) groups is 1. The van der Waals surface area contributed by atoms with Crippen LogP contribution < -0.4 is 19.5 Å². The number of benzene rings is 2. The van der Waals surface area contributed by atoms with Gasteiger partial charge in [-0.3, -0.25) is 9.52 Å². The average molecular weight is 392 g/mol. The third-order valence-electron chi connectivity index (χ3n) is 3.73. The highest BCUT2D eigenvalue weighted by Gasteiger charge is 2.13. The molecule has 27 heavy (non-hydrogen) atoms. The first-order valence-corrected chi connectivity index (χ1v) is 10.2. The summed E-state index contributed by atoms with van der Waals surface area (Å²) in [6, 6.07) is 11.8. The van der Waals surface area contributed by atoms with Crippen molar-refractivity contribution in [2.75, 3.05) is 24.7 Å². The molecule has 0 fully saturated rings. The molecule has 2 aromatic carbocycles. The van der Waals surface area contributed by atoms with Crippen LogP contribution in [0, 0.1) is 6.92 Å². The zero-order valence-corrected chi connectivity index (χ0v) is 16.6. The molecule has 0 spiro atoms. The lowest BCUT2D eigenvalue weighted by molar-refractivity contribution is 0.0926. The van der Waals surface area contributed by atoms with Gasteiger partial charge in [0.15, 0.2) is 0 Å². The molecule has 0 aliphatic heterocycles. The number of amides is 1. The number of aryl methyl sites for hydroxylation is 1. The van der Waals surface area contributed by atoms with Crippen LogP contribution in [-0.2, 0) is 10.0 Å². The van der Waals surface area contributed by atoms with E-state index in [1.54, 1.807) is 50.4 Å². The van der Waals surface area contributed by atoms with Crippen LogP contribution in [0.25, 0.3) is 0 Å². The van der Waals surface area contributed by atoms with Crippen LogP contribution in [0.5, 0.6) is 11.5 Å². The molecule has 0 heterocycles. The Morgan fingerprint density at radius 2 is 1.74 bits per heavy atom. The maximum atomic E-state index is 12.4. The SMILES string of the molecule is COc1ccc(OCC(C)NC(=O)c2ccc(C)c(NS(C)(=O)=O)c2)cc1. The van der Waals surface area contributed by atoms with Crippen LogP contribution in [-0.4, -0.2) is 40.3 Å². The van der Waals surface area contributed by atoms with E-state index in [-0.39, 0.29) is 11.9 Å². The Morgan fingerprint density at radius 3 is 2.33 bits per heavy atom. The van der Waals surface area contributed by atoms with Crippen molar-refractivity contribution in [3.8, 4) is 11.5 Å². The lowest BCUT2D eigenvalue weighted by Crippen LogP contribution is -2.36. The van der Waals surface area contributed by atoms with E-state index in [1.165, 1.54) is 6.07 Å². The van der Waals surface area contributed by atoms with Crippen molar-refractivity contribution >= 4 is 21.6 Å². The van der Waals surface area contributed by atoms with Gasteiger partial charge in [0.2, 0.25) is 10.0 Å². The summed E-state index contributed by atoms with van der Waals surface area (Å²) in [5.41, 5.74) is 1.48. The van der Waals surface area contributed by atoms with Gasteiger partial charge in [0.05, 0.1) is 25.1 Å². The van der Waals surface area contributed by atoms with Gasteiger partial charge in [0.1, 0.15) is 18.1 Å². The summed E-state index contributed by atoms with van der Waals surface area (Å²) in [5.74, 6) is 1.10. The van der Waals surface area contributed by atoms with Gasteiger partial charge in [-0.05, 0) is 55.8 Å². The average Bonchev–Trinajstić information content (AvgIpc) is 2.61. The van der Waals surface area contributed by atoms with Crippen LogP contribution in [0.1, 0.15) is 22.8 Å². The van der Waals surface area contributed by atoms with E-state index in [0.717, 1.165) is 17.6 Å². The Hall–Kier alpha value is -2.74. The Bertz CT molecular complexity index is 895. The quantitative estimate of drug-likeness (QED) is 0.720. The summed E-state index contributed by atoms with van der Waals surface area (Å²) >= 11 is 0. The van der Waals surface area contributed by atoms with E-state index in [0.29, 0.717) is 23.6 Å². The minimum atomic E-state index is -3.42. The molecule has 0 bridgehead atoms. The van der Waals surface area contributed by atoms with Crippen LogP contribution >= 0.6 is 0 Å². The largest absolute Gasteiger partial charge is 0.497 e. The van der Waals surface area contributed by atoms with Crippen molar-refractivity contribution in [3.05, 3.63) is 53.6 Å². The standard InChI is InChI=1S/C19H24N2O5S/c1-13-5-6-15(11-18(13)21-27(4,23)24)19(22)20-14(2)12-26-17-9-7-16(25-3)8-10-17/h5-11,14,21H,12H2,1-4H3,(H,20,22). The minimum Gasteiger partial charge on any atom is -0.497 e. The Morgan fingerprint density at radius 1 is 1.11 bits per heavy atom. The lowest BCUT2D eigenvalue weighted by Gasteiger charge is -2.16. The first-order valence-electron chi connectivity index (χ1n) is 8.34. The fourth-order valence-corrected chi connectivity index (χ4v) is 2.93. The molecule has 2 aromatic rings. The van der Waals surface area contributed by atoms with E-state index in [2.05, 4.69) is 10.0 Å². The number of hydrogen-bond donors (Lipinski definition) is 2. The highest BCUT2D eigenvalue weighted by molar-refractivity contribution is 7.92. The zero-order valence-electron chi connectivity index (χ0n) is 15.8.